The molecule has 86 valence electrons. The molecule has 1 aromatic carbocycles. The number of ketones is 1. The highest BCUT2D eigenvalue weighted by Gasteiger charge is 2.33. The van der Waals surface area contributed by atoms with Crippen LogP contribution in [0, 0.1) is 18.8 Å². The summed E-state index contributed by atoms with van der Waals surface area (Å²) >= 11 is 6.96. The van der Waals surface area contributed by atoms with Crippen molar-refractivity contribution < 1.29 is 4.79 Å². The van der Waals surface area contributed by atoms with Crippen LogP contribution in [0.4, 0.5) is 0 Å². The van der Waals surface area contributed by atoms with Crippen LogP contribution in [0.5, 0.6) is 0 Å². The van der Waals surface area contributed by atoms with Gasteiger partial charge in [-0.3, -0.25) is 4.79 Å². The van der Waals surface area contributed by atoms with Gasteiger partial charge in [0.1, 0.15) is 0 Å². The van der Waals surface area contributed by atoms with E-state index in [0.29, 0.717) is 5.92 Å². The SMILES string of the molecule is Cc1cc(Br)c(C(=O)C(C)C2CC2)cc1Br. The first kappa shape index (κ1) is 12.3. The zero-order chi connectivity index (χ0) is 11.9. The third-order valence-electron chi connectivity index (χ3n) is 3.26. The molecule has 1 saturated carbocycles. The van der Waals surface area contributed by atoms with Gasteiger partial charge in [0.25, 0.3) is 0 Å². The fourth-order valence-corrected chi connectivity index (χ4v) is 2.89. The number of benzene rings is 1. The third kappa shape index (κ3) is 2.40. The summed E-state index contributed by atoms with van der Waals surface area (Å²) in [7, 11) is 0. The first-order valence-corrected chi connectivity index (χ1v) is 7.09. The Bertz CT molecular complexity index is 436. The minimum Gasteiger partial charge on any atom is -0.294 e. The molecule has 1 aliphatic rings. The first-order valence-electron chi connectivity index (χ1n) is 5.50. The number of hydrogen-bond donors (Lipinski definition) is 0. The normalized spacial score (nSPS) is 17.2. The molecule has 1 atom stereocenters. The van der Waals surface area contributed by atoms with E-state index in [1.165, 1.54) is 12.8 Å². The number of aryl methyl sites for hydroxylation is 1. The van der Waals surface area contributed by atoms with Gasteiger partial charge in [0.2, 0.25) is 0 Å². The predicted molar refractivity (Wildman–Crippen MR) is 72.8 cm³/mol. The van der Waals surface area contributed by atoms with Crippen LogP contribution >= 0.6 is 31.9 Å². The van der Waals surface area contributed by atoms with E-state index in [-0.39, 0.29) is 11.7 Å². The summed E-state index contributed by atoms with van der Waals surface area (Å²) in [5.41, 5.74) is 1.94. The number of halogens is 2. The minimum atomic E-state index is 0.158. The largest absolute Gasteiger partial charge is 0.294 e. The average molecular weight is 346 g/mol. The van der Waals surface area contributed by atoms with E-state index >= 15 is 0 Å². The third-order valence-corrected chi connectivity index (χ3v) is 4.77. The Morgan fingerprint density at radius 1 is 1.31 bits per heavy atom. The number of hydrogen-bond acceptors (Lipinski definition) is 1. The highest BCUT2D eigenvalue weighted by Crippen LogP contribution is 2.39. The van der Waals surface area contributed by atoms with E-state index in [0.717, 1.165) is 20.1 Å². The Morgan fingerprint density at radius 3 is 2.50 bits per heavy atom. The standard InChI is InChI=1S/C13H14Br2O/c1-7-5-12(15)10(6-11(7)14)13(16)8(2)9-3-4-9/h5-6,8-9H,3-4H2,1-2H3. The Balaban J connectivity index is 2.32. The number of rotatable bonds is 3. The molecular weight excluding hydrogens is 332 g/mol. The van der Waals surface area contributed by atoms with E-state index < -0.39 is 0 Å². The van der Waals surface area contributed by atoms with Crippen molar-refractivity contribution in [2.75, 3.05) is 0 Å². The molecule has 1 unspecified atom stereocenters. The van der Waals surface area contributed by atoms with Gasteiger partial charge < -0.3 is 0 Å². The lowest BCUT2D eigenvalue weighted by molar-refractivity contribution is 0.0915. The topological polar surface area (TPSA) is 17.1 Å². The van der Waals surface area contributed by atoms with E-state index in [9.17, 15) is 4.79 Å². The molecule has 0 heterocycles. The van der Waals surface area contributed by atoms with Crippen molar-refractivity contribution in [1.29, 1.82) is 0 Å². The molecular formula is C13H14Br2O. The van der Waals surface area contributed by atoms with Crippen molar-refractivity contribution in [1.82, 2.24) is 0 Å². The first-order chi connectivity index (χ1) is 7.50. The van der Waals surface area contributed by atoms with Crippen molar-refractivity contribution in [2.45, 2.75) is 26.7 Å². The molecule has 1 aliphatic carbocycles. The molecule has 0 saturated heterocycles. The second-order valence-corrected chi connectivity index (χ2v) is 6.28. The Kier molecular flexibility index (Phi) is 3.55. The van der Waals surface area contributed by atoms with Crippen LogP contribution in [0.1, 0.15) is 35.7 Å². The summed E-state index contributed by atoms with van der Waals surface area (Å²) in [6.45, 7) is 4.06. The summed E-state index contributed by atoms with van der Waals surface area (Å²) in [6, 6.07) is 3.93. The molecule has 1 aromatic rings. The lowest BCUT2D eigenvalue weighted by Crippen LogP contribution is -2.14. The minimum absolute atomic E-state index is 0.158. The summed E-state index contributed by atoms with van der Waals surface area (Å²) in [6.07, 6.45) is 2.41. The van der Waals surface area contributed by atoms with Crippen LogP contribution in [0.2, 0.25) is 0 Å². The highest BCUT2D eigenvalue weighted by atomic mass is 79.9. The van der Waals surface area contributed by atoms with Crippen LogP contribution < -0.4 is 0 Å². The van der Waals surface area contributed by atoms with Gasteiger partial charge in [-0.05, 0) is 43.4 Å². The fourth-order valence-electron chi connectivity index (χ4n) is 1.89. The molecule has 0 radical (unpaired) electrons. The van der Waals surface area contributed by atoms with Crippen molar-refractivity contribution in [3.05, 3.63) is 32.2 Å². The zero-order valence-electron chi connectivity index (χ0n) is 9.39. The molecule has 0 aromatic heterocycles. The van der Waals surface area contributed by atoms with E-state index in [4.69, 9.17) is 0 Å². The molecule has 2 rings (SSSR count). The lowest BCUT2D eigenvalue weighted by atomic mass is 9.95. The van der Waals surface area contributed by atoms with Crippen LogP contribution in [-0.4, -0.2) is 5.78 Å². The van der Waals surface area contributed by atoms with Crippen molar-refractivity contribution >= 4 is 37.6 Å². The van der Waals surface area contributed by atoms with Crippen molar-refractivity contribution in [3.63, 3.8) is 0 Å². The molecule has 3 heteroatoms. The molecule has 1 fully saturated rings. The molecule has 16 heavy (non-hydrogen) atoms. The van der Waals surface area contributed by atoms with Gasteiger partial charge in [0.15, 0.2) is 5.78 Å². The molecule has 0 aliphatic heterocycles. The molecule has 0 bridgehead atoms. The Hall–Kier alpha value is -0.150. The zero-order valence-corrected chi connectivity index (χ0v) is 12.6. The average Bonchev–Trinajstić information content (AvgIpc) is 3.05. The van der Waals surface area contributed by atoms with Crippen molar-refractivity contribution in [2.24, 2.45) is 11.8 Å². The van der Waals surface area contributed by atoms with Crippen LogP contribution in [0.15, 0.2) is 21.1 Å². The fraction of sp³-hybridized carbons (Fsp3) is 0.462. The van der Waals surface area contributed by atoms with Crippen LogP contribution in [-0.2, 0) is 0 Å². The van der Waals surface area contributed by atoms with Crippen LogP contribution in [0.3, 0.4) is 0 Å². The van der Waals surface area contributed by atoms with Crippen molar-refractivity contribution in [3.8, 4) is 0 Å². The summed E-state index contributed by atoms with van der Waals surface area (Å²) in [5.74, 6) is 1.03. The Morgan fingerprint density at radius 2 is 1.94 bits per heavy atom. The van der Waals surface area contributed by atoms with Gasteiger partial charge in [0, 0.05) is 20.4 Å². The van der Waals surface area contributed by atoms with Gasteiger partial charge in [-0.1, -0.05) is 38.8 Å². The van der Waals surface area contributed by atoms with Gasteiger partial charge >= 0.3 is 0 Å². The van der Waals surface area contributed by atoms with Gasteiger partial charge in [-0.2, -0.15) is 0 Å². The summed E-state index contributed by atoms with van der Waals surface area (Å²) < 4.78 is 1.91. The van der Waals surface area contributed by atoms with Gasteiger partial charge in [-0.25, -0.2) is 0 Å². The Labute approximate surface area is 113 Å². The second kappa shape index (κ2) is 4.61. The summed E-state index contributed by atoms with van der Waals surface area (Å²) in [4.78, 5) is 12.3. The van der Waals surface area contributed by atoms with E-state index in [1.807, 2.05) is 26.0 Å². The maximum atomic E-state index is 12.3. The number of carbonyl (C=O) groups excluding carboxylic acids is 1. The smallest absolute Gasteiger partial charge is 0.167 e. The molecule has 0 N–H and O–H groups in total. The second-order valence-electron chi connectivity index (χ2n) is 4.57. The molecule has 0 spiro atoms. The van der Waals surface area contributed by atoms with Crippen LogP contribution in [0.25, 0.3) is 0 Å². The van der Waals surface area contributed by atoms with E-state index in [1.54, 1.807) is 0 Å². The number of carbonyl (C=O) groups is 1. The quantitative estimate of drug-likeness (QED) is 0.722. The maximum Gasteiger partial charge on any atom is 0.167 e. The lowest BCUT2D eigenvalue weighted by Gasteiger charge is -2.12. The monoisotopic (exact) mass is 344 g/mol. The molecule has 1 nitrogen and oxygen atoms in total. The maximum absolute atomic E-state index is 12.3. The molecule has 0 amide bonds. The van der Waals surface area contributed by atoms with Gasteiger partial charge in [0.05, 0.1) is 0 Å². The highest BCUT2D eigenvalue weighted by molar-refractivity contribution is 9.11. The predicted octanol–water partition coefficient (Wildman–Crippen LogP) is 4.75. The van der Waals surface area contributed by atoms with Gasteiger partial charge in [-0.15, -0.1) is 0 Å². The number of Topliss-reactive ketones (excluding diaryl/α,β-unsaturated/α-hetero) is 1. The van der Waals surface area contributed by atoms with E-state index in [2.05, 4.69) is 31.9 Å². The summed E-state index contributed by atoms with van der Waals surface area (Å²) in [5, 5.41) is 0.